The summed E-state index contributed by atoms with van der Waals surface area (Å²) in [4.78, 5) is 11.5. The van der Waals surface area contributed by atoms with Crippen LogP contribution in [0.5, 0.6) is 0 Å². The third-order valence-electron chi connectivity index (χ3n) is 3.67. The van der Waals surface area contributed by atoms with E-state index in [9.17, 15) is 0 Å². The lowest BCUT2D eigenvalue weighted by atomic mass is 10.0. The molecule has 0 bridgehead atoms. The lowest BCUT2D eigenvalue weighted by Crippen LogP contribution is -2.25. The Balaban J connectivity index is 2.20. The van der Waals surface area contributed by atoms with Gasteiger partial charge in [-0.2, -0.15) is 0 Å². The fourth-order valence-corrected chi connectivity index (χ4v) is 2.42. The number of hydrogen-bond acceptors (Lipinski definition) is 4. The Hall–Kier alpha value is -1.32. The maximum atomic E-state index is 4.67. The summed E-state index contributed by atoms with van der Waals surface area (Å²) in [6.07, 6.45) is 4.75. The molecule has 0 saturated carbocycles. The normalized spacial score (nSPS) is 20.6. The highest BCUT2D eigenvalue weighted by Gasteiger charge is 2.16. The molecule has 0 aliphatic carbocycles. The van der Waals surface area contributed by atoms with Crippen molar-refractivity contribution in [2.75, 3.05) is 30.4 Å². The summed E-state index contributed by atoms with van der Waals surface area (Å²) in [5.41, 5.74) is 0. The Labute approximate surface area is 110 Å². The summed E-state index contributed by atoms with van der Waals surface area (Å²) in [6.45, 7) is 6.68. The zero-order chi connectivity index (χ0) is 13.0. The van der Waals surface area contributed by atoms with E-state index < -0.39 is 0 Å². The van der Waals surface area contributed by atoms with Crippen LogP contribution in [0, 0.1) is 5.92 Å². The number of aryl methyl sites for hydroxylation is 1. The van der Waals surface area contributed by atoms with E-state index in [0.717, 1.165) is 42.9 Å². The van der Waals surface area contributed by atoms with Gasteiger partial charge >= 0.3 is 0 Å². The largest absolute Gasteiger partial charge is 0.373 e. The first kappa shape index (κ1) is 13.1. The number of hydrogen-bond donors (Lipinski definition) is 1. The second-order valence-electron chi connectivity index (χ2n) is 5.15. The summed E-state index contributed by atoms with van der Waals surface area (Å²) in [7, 11) is 1.91. The molecule has 1 aliphatic rings. The van der Waals surface area contributed by atoms with Crippen LogP contribution in [0.4, 0.5) is 11.6 Å². The number of nitrogens with zero attached hydrogens (tertiary/aromatic N) is 3. The molecule has 2 rings (SSSR count). The van der Waals surface area contributed by atoms with E-state index in [1.165, 1.54) is 19.3 Å². The van der Waals surface area contributed by atoms with Crippen LogP contribution in [0.25, 0.3) is 0 Å². The second kappa shape index (κ2) is 6.03. The maximum Gasteiger partial charge on any atom is 0.134 e. The minimum absolute atomic E-state index is 0.839. The van der Waals surface area contributed by atoms with Crippen molar-refractivity contribution >= 4 is 11.6 Å². The van der Waals surface area contributed by atoms with E-state index in [4.69, 9.17) is 0 Å². The standard InChI is InChI=1S/C14H24N4/c1-4-12-16-13(15-3)10-14(17-12)18-8-5-6-11(2)7-9-18/h10-11H,4-9H2,1-3H3,(H,15,16,17). The van der Waals surface area contributed by atoms with Gasteiger partial charge in [0.25, 0.3) is 0 Å². The van der Waals surface area contributed by atoms with E-state index >= 15 is 0 Å². The molecule has 1 aromatic rings. The molecule has 1 aromatic heterocycles. The number of aromatic nitrogens is 2. The molecular formula is C14H24N4. The molecule has 100 valence electrons. The Morgan fingerprint density at radius 2 is 2.17 bits per heavy atom. The summed E-state index contributed by atoms with van der Waals surface area (Å²) < 4.78 is 0. The van der Waals surface area contributed by atoms with Crippen molar-refractivity contribution in [1.82, 2.24) is 9.97 Å². The topological polar surface area (TPSA) is 41.1 Å². The monoisotopic (exact) mass is 248 g/mol. The zero-order valence-corrected chi connectivity index (χ0v) is 11.7. The third-order valence-corrected chi connectivity index (χ3v) is 3.67. The third kappa shape index (κ3) is 3.12. The van der Waals surface area contributed by atoms with Crippen LogP contribution < -0.4 is 10.2 Å². The van der Waals surface area contributed by atoms with Crippen LogP contribution in [0.15, 0.2) is 6.07 Å². The van der Waals surface area contributed by atoms with Crippen molar-refractivity contribution in [3.05, 3.63) is 11.9 Å². The molecule has 1 saturated heterocycles. The number of nitrogens with one attached hydrogen (secondary N) is 1. The van der Waals surface area contributed by atoms with E-state index in [-0.39, 0.29) is 0 Å². The zero-order valence-electron chi connectivity index (χ0n) is 11.7. The van der Waals surface area contributed by atoms with E-state index in [2.05, 4.69) is 40.1 Å². The Bertz CT molecular complexity index is 369. The maximum absolute atomic E-state index is 4.67. The molecule has 0 radical (unpaired) electrons. The van der Waals surface area contributed by atoms with Gasteiger partial charge in [-0.1, -0.05) is 13.8 Å². The summed E-state index contributed by atoms with van der Waals surface area (Å²) in [6, 6.07) is 2.06. The molecule has 4 nitrogen and oxygen atoms in total. The lowest BCUT2D eigenvalue weighted by Gasteiger charge is -2.22. The van der Waals surface area contributed by atoms with Crippen LogP contribution >= 0.6 is 0 Å². The number of rotatable bonds is 3. The average Bonchev–Trinajstić information content (AvgIpc) is 2.63. The summed E-state index contributed by atoms with van der Waals surface area (Å²) in [5, 5.41) is 3.13. The van der Waals surface area contributed by atoms with Crippen LogP contribution in [0.3, 0.4) is 0 Å². The first-order chi connectivity index (χ1) is 8.72. The lowest BCUT2D eigenvalue weighted by molar-refractivity contribution is 0.521. The van der Waals surface area contributed by atoms with Gasteiger partial charge in [0.15, 0.2) is 0 Å². The van der Waals surface area contributed by atoms with Crippen molar-refractivity contribution in [2.45, 2.75) is 39.5 Å². The molecule has 4 heteroatoms. The highest BCUT2D eigenvalue weighted by Crippen LogP contribution is 2.22. The summed E-state index contributed by atoms with van der Waals surface area (Å²) in [5.74, 6) is 3.77. The minimum atomic E-state index is 0.839. The van der Waals surface area contributed by atoms with Crippen molar-refractivity contribution in [3.63, 3.8) is 0 Å². The van der Waals surface area contributed by atoms with Gasteiger partial charge in [-0.05, 0) is 25.2 Å². The second-order valence-corrected chi connectivity index (χ2v) is 5.15. The molecule has 0 amide bonds. The van der Waals surface area contributed by atoms with E-state index in [1.54, 1.807) is 0 Å². The summed E-state index contributed by atoms with van der Waals surface area (Å²) >= 11 is 0. The highest BCUT2D eigenvalue weighted by atomic mass is 15.2. The van der Waals surface area contributed by atoms with Crippen molar-refractivity contribution in [3.8, 4) is 0 Å². The Kier molecular flexibility index (Phi) is 4.39. The van der Waals surface area contributed by atoms with Gasteiger partial charge in [0.2, 0.25) is 0 Å². The highest BCUT2D eigenvalue weighted by molar-refractivity contribution is 5.49. The quantitative estimate of drug-likeness (QED) is 0.893. The molecule has 2 heterocycles. The van der Waals surface area contributed by atoms with E-state index in [1.807, 2.05) is 7.05 Å². The van der Waals surface area contributed by atoms with Gasteiger partial charge in [0, 0.05) is 32.6 Å². The van der Waals surface area contributed by atoms with Crippen molar-refractivity contribution < 1.29 is 0 Å². The van der Waals surface area contributed by atoms with Gasteiger partial charge in [-0.25, -0.2) is 9.97 Å². The molecule has 1 unspecified atom stereocenters. The molecule has 1 aliphatic heterocycles. The Morgan fingerprint density at radius 1 is 1.33 bits per heavy atom. The van der Waals surface area contributed by atoms with E-state index in [0.29, 0.717) is 0 Å². The predicted molar refractivity (Wildman–Crippen MR) is 76.2 cm³/mol. The Morgan fingerprint density at radius 3 is 2.89 bits per heavy atom. The van der Waals surface area contributed by atoms with Crippen LogP contribution in [0.1, 0.15) is 38.9 Å². The van der Waals surface area contributed by atoms with Gasteiger partial charge in [0.1, 0.15) is 17.5 Å². The van der Waals surface area contributed by atoms with Crippen molar-refractivity contribution in [2.24, 2.45) is 5.92 Å². The first-order valence-electron chi connectivity index (χ1n) is 7.03. The van der Waals surface area contributed by atoms with Crippen LogP contribution in [-0.4, -0.2) is 30.1 Å². The first-order valence-corrected chi connectivity index (χ1v) is 7.03. The number of anilines is 2. The fourth-order valence-electron chi connectivity index (χ4n) is 2.42. The average molecular weight is 248 g/mol. The molecule has 1 atom stereocenters. The smallest absolute Gasteiger partial charge is 0.134 e. The van der Waals surface area contributed by atoms with Crippen LogP contribution in [0.2, 0.25) is 0 Å². The molecule has 1 fully saturated rings. The predicted octanol–water partition coefficient (Wildman–Crippen LogP) is 2.71. The van der Waals surface area contributed by atoms with Gasteiger partial charge in [0.05, 0.1) is 0 Å². The molecule has 1 N–H and O–H groups in total. The molecule has 18 heavy (non-hydrogen) atoms. The van der Waals surface area contributed by atoms with Crippen LogP contribution in [-0.2, 0) is 6.42 Å². The molecule has 0 aromatic carbocycles. The van der Waals surface area contributed by atoms with Crippen molar-refractivity contribution in [1.29, 1.82) is 0 Å². The van der Waals surface area contributed by atoms with Gasteiger partial charge < -0.3 is 10.2 Å². The SMILES string of the molecule is CCc1nc(NC)cc(N2CCCC(C)CC2)n1. The van der Waals surface area contributed by atoms with Gasteiger partial charge in [-0.3, -0.25) is 0 Å². The molecule has 0 spiro atoms. The van der Waals surface area contributed by atoms with Gasteiger partial charge in [-0.15, -0.1) is 0 Å². The molecular weight excluding hydrogens is 224 g/mol. The minimum Gasteiger partial charge on any atom is -0.373 e. The fraction of sp³-hybridized carbons (Fsp3) is 0.714.